The summed E-state index contributed by atoms with van der Waals surface area (Å²) in [5, 5.41) is 9.14. The molecule has 202 valence electrons. The number of carboxylic acids is 1. The molecule has 1 saturated heterocycles. The molecule has 1 N–H and O–H groups in total. The lowest BCUT2D eigenvalue weighted by Crippen LogP contribution is -2.44. The number of anilines is 1. The summed E-state index contributed by atoms with van der Waals surface area (Å²) in [6.07, 6.45) is 2.41. The summed E-state index contributed by atoms with van der Waals surface area (Å²) in [5.74, 6) is 5.42. The van der Waals surface area contributed by atoms with Crippen LogP contribution in [0.25, 0.3) is 0 Å². The van der Waals surface area contributed by atoms with Crippen LogP contribution in [0.1, 0.15) is 59.9 Å². The summed E-state index contributed by atoms with van der Waals surface area (Å²) >= 11 is 0. The Kier molecular flexibility index (Phi) is 7.95. The maximum atomic E-state index is 11.1. The van der Waals surface area contributed by atoms with Crippen molar-refractivity contribution in [1.82, 2.24) is 4.90 Å². The van der Waals surface area contributed by atoms with Gasteiger partial charge in [-0.1, -0.05) is 60.0 Å². The zero-order valence-corrected chi connectivity index (χ0v) is 23.2. The molecule has 0 bridgehead atoms. The van der Waals surface area contributed by atoms with Crippen LogP contribution in [-0.4, -0.2) is 42.7 Å². The molecule has 1 spiro atoms. The fraction of sp³-hybridized carbons (Fsp3) is 0.382. The Hall–Kier alpha value is -3.75. The summed E-state index contributed by atoms with van der Waals surface area (Å²) in [4.78, 5) is 16.2. The summed E-state index contributed by atoms with van der Waals surface area (Å²) in [6, 6.07) is 23.3. The fourth-order valence-corrected chi connectivity index (χ4v) is 6.16. The van der Waals surface area contributed by atoms with Gasteiger partial charge in [-0.3, -0.25) is 9.69 Å². The first-order valence-electron chi connectivity index (χ1n) is 13.8. The van der Waals surface area contributed by atoms with Crippen LogP contribution in [0.15, 0.2) is 66.7 Å². The second kappa shape index (κ2) is 11.6. The number of nitrogens with zero attached hydrogens (tertiary/aromatic N) is 2. The first kappa shape index (κ1) is 26.8. The number of piperidine rings is 1. The lowest BCUT2D eigenvalue weighted by atomic mass is 9.74. The number of likely N-dealkylation sites (N-methyl/N-ethyl adjacent to an activating group) is 1. The first-order valence-corrected chi connectivity index (χ1v) is 13.8. The quantitative estimate of drug-likeness (QED) is 0.360. The van der Waals surface area contributed by atoms with E-state index in [1.807, 2.05) is 24.3 Å². The van der Waals surface area contributed by atoms with Crippen molar-refractivity contribution in [2.75, 3.05) is 31.6 Å². The molecule has 0 radical (unpaired) electrons. The van der Waals surface area contributed by atoms with Crippen LogP contribution in [-0.2, 0) is 23.4 Å². The molecule has 5 nitrogen and oxygen atoms in total. The van der Waals surface area contributed by atoms with Gasteiger partial charge in [-0.25, -0.2) is 0 Å². The van der Waals surface area contributed by atoms with E-state index in [-0.39, 0.29) is 12.3 Å². The second-order valence-electron chi connectivity index (χ2n) is 11.2. The highest BCUT2D eigenvalue weighted by atomic mass is 16.5. The van der Waals surface area contributed by atoms with Gasteiger partial charge in [-0.15, -0.1) is 5.92 Å². The highest BCUT2D eigenvalue weighted by Crippen LogP contribution is 2.46. The average Bonchev–Trinajstić information content (AvgIpc) is 3.19. The third kappa shape index (κ3) is 6.13. The van der Waals surface area contributed by atoms with Crippen molar-refractivity contribution >= 4 is 11.7 Å². The Bertz CT molecular complexity index is 1360. The predicted octanol–water partition coefficient (Wildman–Crippen LogP) is 6.14. The van der Waals surface area contributed by atoms with Crippen LogP contribution in [0.4, 0.5) is 5.69 Å². The first-order chi connectivity index (χ1) is 18.8. The van der Waals surface area contributed by atoms with Gasteiger partial charge in [0, 0.05) is 31.2 Å². The maximum Gasteiger partial charge on any atom is 0.304 e. The normalized spacial score (nSPS) is 16.8. The third-order valence-electron chi connectivity index (χ3n) is 8.30. The van der Waals surface area contributed by atoms with Gasteiger partial charge in [-0.2, -0.15) is 0 Å². The van der Waals surface area contributed by atoms with Gasteiger partial charge in [-0.05, 0) is 80.2 Å². The molecule has 2 aliphatic rings. The van der Waals surface area contributed by atoms with Crippen LogP contribution in [0.5, 0.6) is 5.75 Å². The van der Waals surface area contributed by atoms with Crippen molar-refractivity contribution in [3.8, 4) is 17.6 Å². The number of benzene rings is 3. The van der Waals surface area contributed by atoms with Gasteiger partial charge in [0.2, 0.25) is 0 Å². The standard InChI is InChI=1S/C34H38N2O3/c1-4-5-29(21-33(37)38)28-11-13-30(14-12-28)39-23-27-9-7-26(8-10-27)22-36-18-16-34(17-19-36)24-35(3)32-15-6-25(2)20-31(32)34/h6-15,20,29H,16-19,21-24H2,1-3H3,(H,37,38). The number of likely N-dealkylation sites (tertiary alicyclic amines) is 1. The molecule has 5 rings (SSSR count). The average molecular weight is 523 g/mol. The SMILES string of the molecule is CC#CC(CC(=O)O)c1ccc(OCc2ccc(CN3CCC4(CC3)CN(C)c3ccc(C)cc34)cc2)cc1. The molecule has 1 unspecified atom stereocenters. The van der Waals surface area contributed by atoms with E-state index < -0.39 is 5.97 Å². The van der Waals surface area contributed by atoms with E-state index in [1.165, 1.54) is 29.7 Å². The summed E-state index contributed by atoms with van der Waals surface area (Å²) in [5.41, 5.74) is 7.98. The Morgan fingerprint density at radius 2 is 1.72 bits per heavy atom. The fourth-order valence-electron chi connectivity index (χ4n) is 6.16. The molecule has 0 aliphatic carbocycles. The highest BCUT2D eigenvalue weighted by Gasteiger charge is 2.43. The molecular weight excluding hydrogens is 484 g/mol. The molecule has 0 aromatic heterocycles. The zero-order valence-electron chi connectivity index (χ0n) is 23.2. The number of hydrogen-bond donors (Lipinski definition) is 1. The van der Waals surface area contributed by atoms with Gasteiger partial charge in [0.25, 0.3) is 0 Å². The molecular formula is C34H38N2O3. The van der Waals surface area contributed by atoms with Gasteiger partial charge in [0.05, 0.1) is 12.3 Å². The van der Waals surface area contributed by atoms with Crippen molar-refractivity contribution in [2.24, 2.45) is 0 Å². The summed E-state index contributed by atoms with van der Waals surface area (Å²) in [7, 11) is 2.23. The second-order valence-corrected chi connectivity index (χ2v) is 11.2. The molecule has 39 heavy (non-hydrogen) atoms. The predicted molar refractivity (Wildman–Crippen MR) is 156 cm³/mol. The van der Waals surface area contributed by atoms with E-state index in [9.17, 15) is 4.79 Å². The summed E-state index contributed by atoms with van der Waals surface area (Å²) in [6.45, 7) is 8.79. The Labute approximate surface area is 232 Å². The largest absolute Gasteiger partial charge is 0.489 e. The number of aliphatic carboxylic acids is 1. The van der Waals surface area contributed by atoms with Crippen LogP contribution in [0, 0.1) is 18.8 Å². The minimum atomic E-state index is -0.849. The number of aryl methyl sites for hydroxylation is 1. The lowest BCUT2D eigenvalue weighted by Gasteiger charge is -2.40. The molecule has 1 atom stereocenters. The smallest absolute Gasteiger partial charge is 0.304 e. The molecule has 5 heteroatoms. The van der Waals surface area contributed by atoms with Gasteiger partial charge in [0.1, 0.15) is 12.4 Å². The van der Waals surface area contributed by atoms with E-state index in [0.29, 0.717) is 12.0 Å². The molecule has 3 aromatic rings. The van der Waals surface area contributed by atoms with E-state index in [4.69, 9.17) is 9.84 Å². The van der Waals surface area contributed by atoms with Crippen LogP contribution in [0.3, 0.4) is 0 Å². The van der Waals surface area contributed by atoms with Crippen molar-refractivity contribution in [3.05, 3.63) is 94.5 Å². The van der Waals surface area contributed by atoms with E-state index in [2.05, 4.69) is 78.1 Å². The Morgan fingerprint density at radius 1 is 1.03 bits per heavy atom. The molecule has 3 aromatic carbocycles. The number of carbonyl (C=O) groups is 1. The van der Waals surface area contributed by atoms with E-state index >= 15 is 0 Å². The van der Waals surface area contributed by atoms with Crippen LogP contribution in [0.2, 0.25) is 0 Å². The number of ether oxygens (including phenoxy) is 1. The molecule has 2 heterocycles. The highest BCUT2D eigenvalue weighted by molar-refractivity contribution is 5.69. The van der Waals surface area contributed by atoms with Crippen LogP contribution < -0.4 is 9.64 Å². The van der Waals surface area contributed by atoms with Crippen molar-refractivity contribution in [1.29, 1.82) is 0 Å². The van der Waals surface area contributed by atoms with Crippen molar-refractivity contribution in [2.45, 2.75) is 57.6 Å². The van der Waals surface area contributed by atoms with Crippen molar-refractivity contribution < 1.29 is 14.6 Å². The zero-order chi connectivity index (χ0) is 27.4. The number of fused-ring (bicyclic) bond motifs is 2. The maximum absolute atomic E-state index is 11.1. The van der Waals surface area contributed by atoms with Crippen LogP contribution >= 0.6 is 0 Å². The topological polar surface area (TPSA) is 53.0 Å². The number of carboxylic acid groups (broad SMARTS) is 1. The molecule has 0 saturated carbocycles. The van der Waals surface area contributed by atoms with Gasteiger partial charge >= 0.3 is 5.97 Å². The minimum absolute atomic E-state index is 0.00328. The Balaban J connectivity index is 1.12. The molecule has 0 amide bonds. The Morgan fingerprint density at radius 3 is 2.38 bits per heavy atom. The number of hydrogen-bond acceptors (Lipinski definition) is 4. The third-order valence-corrected chi connectivity index (χ3v) is 8.30. The molecule has 1 fully saturated rings. The van der Waals surface area contributed by atoms with Gasteiger partial charge < -0.3 is 14.7 Å². The lowest BCUT2D eigenvalue weighted by molar-refractivity contribution is -0.137. The molecule has 2 aliphatic heterocycles. The summed E-state index contributed by atoms with van der Waals surface area (Å²) < 4.78 is 5.99. The monoisotopic (exact) mass is 522 g/mol. The van der Waals surface area contributed by atoms with E-state index in [1.54, 1.807) is 12.5 Å². The van der Waals surface area contributed by atoms with Crippen molar-refractivity contribution in [3.63, 3.8) is 0 Å². The van der Waals surface area contributed by atoms with Gasteiger partial charge in [0.15, 0.2) is 0 Å². The minimum Gasteiger partial charge on any atom is -0.489 e. The number of rotatable bonds is 8. The van der Waals surface area contributed by atoms with E-state index in [0.717, 1.165) is 43.1 Å².